The van der Waals surface area contributed by atoms with Crippen LogP contribution in [0.2, 0.25) is 0 Å². The van der Waals surface area contributed by atoms with E-state index in [2.05, 4.69) is 36.2 Å². The summed E-state index contributed by atoms with van der Waals surface area (Å²) in [6.07, 6.45) is -0.258. The molecule has 1 fully saturated rings. The minimum absolute atomic E-state index is 0.0320. The minimum Gasteiger partial charge on any atom is -0.443 e. The fourth-order valence-corrected chi connectivity index (χ4v) is 4.63. The highest BCUT2D eigenvalue weighted by Gasteiger charge is 2.29. The number of Topliss-reactive ketones (excluding diaryl/α,β-unsaturated/α-hetero) is 1. The van der Waals surface area contributed by atoms with Gasteiger partial charge in [0.2, 0.25) is 0 Å². The molecule has 1 aliphatic rings. The first-order chi connectivity index (χ1) is 18.6. The van der Waals surface area contributed by atoms with Crippen molar-refractivity contribution in [1.29, 1.82) is 0 Å². The van der Waals surface area contributed by atoms with Gasteiger partial charge in [-0.3, -0.25) is 9.20 Å². The number of fused-ring (bicyclic) bond motifs is 1. The van der Waals surface area contributed by atoms with Gasteiger partial charge in [0, 0.05) is 25.4 Å². The van der Waals surface area contributed by atoms with Crippen LogP contribution in [0, 0.1) is 0 Å². The lowest BCUT2D eigenvalue weighted by atomic mass is 9.91. The highest BCUT2D eigenvalue weighted by molar-refractivity contribution is 5.87. The number of nitrogens with zero attached hydrogens (tertiary/aromatic N) is 4. The summed E-state index contributed by atoms with van der Waals surface area (Å²) in [6.45, 7) is 10.4. The van der Waals surface area contributed by atoms with E-state index in [1.54, 1.807) is 18.7 Å². The first-order valence-corrected chi connectivity index (χ1v) is 13.4. The van der Waals surface area contributed by atoms with Gasteiger partial charge in [0.05, 0.1) is 37.7 Å². The van der Waals surface area contributed by atoms with Crippen molar-refractivity contribution in [3.63, 3.8) is 0 Å². The number of rotatable bonds is 11. The fraction of sp³-hybridized carbons (Fsp3) is 0.517. The van der Waals surface area contributed by atoms with Gasteiger partial charge in [0.1, 0.15) is 12.4 Å². The number of hydrogen-bond donors (Lipinski definition) is 1. The monoisotopic (exact) mass is 537 g/mol. The highest BCUT2D eigenvalue weighted by atomic mass is 16.6. The summed E-state index contributed by atoms with van der Waals surface area (Å²) in [7, 11) is 0. The summed E-state index contributed by atoms with van der Waals surface area (Å²) in [5.41, 5.74) is 8.77. The number of nitrogens with two attached hydrogens (primary N) is 1. The molecule has 2 aromatic heterocycles. The lowest BCUT2D eigenvalue weighted by molar-refractivity contribution is -0.123. The molecule has 39 heavy (non-hydrogen) atoms. The van der Waals surface area contributed by atoms with Crippen molar-refractivity contribution in [3.8, 4) is 0 Å². The number of aromatic nitrogens is 3. The molecule has 3 aromatic rings. The van der Waals surface area contributed by atoms with E-state index in [1.165, 1.54) is 5.56 Å². The molecule has 10 nitrogen and oxygen atoms in total. The third-order valence-electron chi connectivity index (χ3n) is 6.92. The van der Waals surface area contributed by atoms with Crippen LogP contribution in [0.15, 0.2) is 42.5 Å². The van der Waals surface area contributed by atoms with Crippen LogP contribution in [0.1, 0.15) is 68.6 Å². The molecule has 0 saturated carbocycles. The Labute approximate surface area is 229 Å². The normalized spacial score (nSPS) is 15.1. The molecular weight excluding hydrogens is 498 g/mol. The molecule has 4 rings (SSSR count). The van der Waals surface area contributed by atoms with E-state index >= 15 is 0 Å². The third kappa shape index (κ3) is 7.20. The maximum Gasteiger partial charge on any atom is 0.410 e. The topological polar surface area (TPSA) is 121 Å². The van der Waals surface area contributed by atoms with Crippen molar-refractivity contribution >= 4 is 17.5 Å². The second kappa shape index (κ2) is 12.7. The number of benzene rings is 1. The zero-order valence-corrected chi connectivity index (χ0v) is 23.3. The maximum absolute atomic E-state index is 13.0. The van der Waals surface area contributed by atoms with Gasteiger partial charge >= 0.3 is 6.09 Å². The molecule has 0 spiro atoms. The second-order valence-corrected chi connectivity index (χ2v) is 10.8. The Kier molecular flexibility index (Phi) is 9.32. The first-order valence-electron chi connectivity index (χ1n) is 13.4. The van der Waals surface area contributed by atoms with Crippen LogP contribution in [0.3, 0.4) is 0 Å². The summed E-state index contributed by atoms with van der Waals surface area (Å²) in [5.74, 6) is 0.422. The Morgan fingerprint density at radius 2 is 1.79 bits per heavy atom. The SMILES string of the molecule is CC(C)c1ccccc1COC[C@@H](CC(=O)C(C)(C)N)c1nnc2cccc(COC(=O)N3CCOCC3)n12. The molecule has 210 valence electrons. The third-order valence-corrected chi connectivity index (χ3v) is 6.92. The Hall–Kier alpha value is -3.34. The molecule has 1 saturated heterocycles. The number of pyridine rings is 1. The molecule has 3 heterocycles. The van der Waals surface area contributed by atoms with Gasteiger partial charge < -0.3 is 24.8 Å². The van der Waals surface area contributed by atoms with E-state index in [1.807, 2.05) is 34.7 Å². The predicted octanol–water partition coefficient (Wildman–Crippen LogP) is 3.82. The number of amides is 1. The molecule has 0 unspecified atom stereocenters. The van der Waals surface area contributed by atoms with Gasteiger partial charge in [-0.05, 0) is 43.0 Å². The van der Waals surface area contributed by atoms with Crippen LogP contribution >= 0.6 is 0 Å². The predicted molar refractivity (Wildman–Crippen MR) is 146 cm³/mol. The minimum atomic E-state index is -1.00. The molecule has 0 radical (unpaired) electrons. The van der Waals surface area contributed by atoms with Gasteiger partial charge in [0.15, 0.2) is 11.4 Å². The summed E-state index contributed by atoms with van der Waals surface area (Å²) < 4.78 is 19.0. The van der Waals surface area contributed by atoms with Crippen molar-refractivity contribution in [2.75, 3.05) is 32.9 Å². The second-order valence-electron chi connectivity index (χ2n) is 10.8. The van der Waals surface area contributed by atoms with Crippen molar-refractivity contribution < 1.29 is 23.8 Å². The zero-order chi connectivity index (χ0) is 28.0. The Balaban J connectivity index is 1.56. The average molecular weight is 538 g/mol. The number of carbonyl (C=O) groups is 2. The Bertz CT molecular complexity index is 1280. The van der Waals surface area contributed by atoms with Crippen LogP contribution in [0.5, 0.6) is 0 Å². The maximum atomic E-state index is 13.0. The summed E-state index contributed by atoms with van der Waals surface area (Å²) >= 11 is 0. The standard InChI is InChI=1S/C29H39N5O5/c1-20(2)24-10-6-5-8-21(24)17-38-18-22(16-25(35)29(3,4)30)27-32-31-26-11-7-9-23(34(26)27)19-39-28(36)33-12-14-37-15-13-33/h5-11,20,22H,12-19,30H2,1-4H3/t22-/m1/s1. The Morgan fingerprint density at radius 3 is 2.51 bits per heavy atom. The van der Waals surface area contributed by atoms with Crippen LogP contribution in [0.25, 0.3) is 5.65 Å². The smallest absolute Gasteiger partial charge is 0.410 e. The van der Waals surface area contributed by atoms with E-state index in [0.717, 1.165) is 5.56 Å². The van der Waals surface area contributed by atoms with E-state index in [9.17, 15) is 9.59 Å². The van der Waals surface area contributed by atoms with Gasteiger partial charge in [-0.15, -0.1) is 10.2 Å². The van der Waals surface area contributed by atoms with Gasteiger partial charge in [0.25, 0.3) is 0 Å². The lowest BCUT2D eigenvalue weighted by Crippen LogP contribution is -2.42. The number of ketones is 1. The molecular formula is C29H39N5O5. The molecule has 1 aliphatic heterocycles. The van der Waals surface area contributed by atoms with Crippen molar-refractivity contribution in [2.45, 2.75) is 64.7 Å². The van der Waals surface area contributed by atoms with Gasteiger partial charge in [-0.1, -0.05) is 44.2 Å². The average Bonchev–Trinajstić information content (AvgIpc) is 3.36. The molecule has 1 atom stereocenters. The van der Waals surface area contributed by atoms with E-state index in [-0.39, 0.29) is 25.4 Å². The van der Waals surface area contributed by atoms with Crippen LogP contribution in [-0.2, 0) is 32.2 Å². The number of carbonyl (C=O) groups excluding carboxylic acids is 2. The summed E-state index contributed by atoms with van der Waals surface area (Å²) in [6, 6.07) is 13.7. The van der Waals surface area contributed by atoms with Crippen LogP contribution in [-0.4, -0.2) is 69.8 Å². The van der Waals surface area contributed by atoms with Crippen molar-refractivity contribution in [2.24, 2.45) is 5.73 Å². The molecule has 10 heteroatoms. The summed E-state index contributed by atoms with van der Waals surface area (Å²) in [4.78, 5) is 27.3. The van der Waals surface area contributed by atoms with E-state index < -0.39 is 17.6 Å². The number of ether oxygens (including phenoxy) is 3. The van der Waals surface area contributed by atoms with E-state index in [4.69, 9.17) is 19.9 Å². The van der Waals surface area contributed by atoms with Crippen LogP contribution < -0.4 is 5.73 Å². The lowest BCUT2D eigenvalue weighted by Gasteiger charge is -2.26. The number of hydrogen-bond acceptors (Lipinski definition) is 8. The molecule has 0 aliphatic carbocycles. The largest absolute Gasteiger partial charge is 0.443 e. The molecule has 0 bridgehead atoms. The van der Waals surface area contributed by atoms with Crippen molar-refractivity contribution in [1.82, 2.24) is 19.5 Å². The number of morpholine rings is 1. The zero-order valence-electron chi connectivity index (χ0n) is 23.3. The fourth-order valence-electron chi connectivity index (χ4n) is 4.63. The molecule has 2 N–H and O–H groups in total. The Morgan fingerprint density at radius 1 is 1.05 bits per heavy atom. The first kappa shape index (κ1) is 28.7. The highest BCUT2D eigenvalue weighted by Crippen LogP contribution is 2.26. The van der Waals surface area contributed by atoms with Gasteiger partial charge in [-0.2, -0.15) is 0 Å². The molecule has 1 amide bonds. The van der Waals surface area contributed by atoms with Gasteiger partial charge in [-0.25, -0.2) is 4.79 Å². The van der Waals surface area contributed by atoms with Crippen molar-refractivity contribution in [3.05, 3.63) is 65.1 Å². The van der Waals surface area contributed by atoms with E-state index in [0.29, 0.717) is 56.0 Å². The summed E-state index contributed by atoms with van der Waals surface area (Å²) in [5, 5.41) is 8.79. The van der Waals surface area contributed by atoms with Crippen LogP contribution in [0.4, 0.5) is 4.79 Å². The quantitative estimate of drug-likeness (QED) is 0.392. The molecule has 1 aromatic carbocycles.